The first-order valence-corrected chi connectivity index (χ1v) is 9.23. The van der Waals surface area contributed by atoms with Gasteiger partial charge in [-0.2, -0.15) is 0 Å². The predicted octanol–water partition coefficient (Wildman–Crippen LogP) is -4.28. The number of hydrogen-bond donors (Lipinski definition) is 7. The first kappa shape index (κ1) is 22.3. The Bertz CT molecular complexity index is 622. The lowest BCUT2D eigenvalue weighted by Crippen LogP contribution is -2.68. The largest absolute Gasteiger partial charge is 0.394 e. The Balaban J connectivity index is 1.83. The molecule has 10 atom stereocenters. The molecular formula is C16H27N3O10. The number of amides is 1. The number of hydrogen-bond acceptors (Lipinski definition) is 12. The van der Waals surface area contributed by atoms with Crippen molar-refractivity contribution in [2.24, 2.45) is 4.99 Å². The van der Waals surface area contributed by atoms with Crippen LogP contribution in [0.4, 0.5) is 0 Å². The second-order valence-electron chi connectivity index (χ2n) is 7.16. The molecule has 0 spiro atoms. The van der Waals surface area contributed by atoms with Crippen molar-refractivity contribution in [3.63, 3.8) is 0 Å². The van der Waals surface area contributed by atoms with Crippen LogP contribution in [0.3, 0.4) is 0 Å². The molecule has 2 fully saturated rings. The monoisotopic (exact) mass is 421 g/mol. The summed E-state index contributed by atoms with van der Waals surface area (Å²) in [4.78, 5) is 20.8. The fourth-order valence-corrected chi connectivity index (χ4v) is 3.62. The molecule has 0 bridgehead atoms. The predicted molar refractivity (Wildman–Crippen MR) is 93.1 cm³/mol. The number of aliphatic hydroxyl groups is 5. The van der Waals surface area contributed by atoms with Gasteiger partial charge in [0.15, 0.2) is 12.5 Å². The van der Waals surface area contributed by atoms with Crippen molar-refractivity contribution in [2.75, 3.05) is 13.2 Å². The number of rotatable bonds is 5. The van der Waals surface area contributed by atoms with Gasteiger partial charge in [-0.1, -0.05) is 0 Å². The molecule has 13 nitrogen and oxygen atoms in total. The van der Waals surface area contributed by atoms with E-state index in [0.717, 1.165) is 0 Å². The smallest absolute Gasteiger partial charge is 0.217 e. The van der Waals surface area contributed by atoms with Crippen molar-refractivity contribution in [3.05, 3.63) is 0 Å². The summed E-state index contributed by atoms with van der Waals surface area (Å²) in [6, 6.07) is -2.02. The lowest BCUT2D eigenvalue weighted by atomic mass is 9.94. The van der Waals surface area contributed by atoms with E-state index < -0.39 is 80.3 Å². The molecular weight excluding hydrogens is 394 g/mol. The van der Waals surface area contributed by atoms with Crippen LogP contribution in [0.5, 0.6) is 0 Å². The molecule has 29 heavy (non-hydrogen) atoms. The fourth-order valence-electron chi connectivity index (χ4n) is 3.62. The topological polar surface area (TPSA) is 192 Å². The first-order chi connectivity index (χ1) is 13.8. The molecule has 13 heteroatoms. The van der Waals surface area contributed by atoms with Crippen molar-refractivity contribution >= 4 is 11.8 Å². The van der Waals surface area contributed by atoms with E-state index in [4.69, 9.17) is 19.0 Å². The second kappa shape index (κ2) is 9.16. The van der Waals surface area contributed by atoms with E-state index in [1.807, 2.05) is 0 Å². The average molecular weight is 421 g/mol. The van der Waals surface area contributed by atoms with Gasteiger partial charge in [0.1, 0.15) is 48.7 Å². The number of carbonyl (C=O) groups is 1. The van der Waals surface area contributed by atoms with Crippen LogP contribution in [0.2, 0.25) is 0 Å². The minimum absolute atomic E-state index is 0.263. The minimum Gasteiger partial charge on any atom is -0.394 e. The summed E-state index contributed by atoms with van der Waals surface area (Å²) in [6.07, 6.45) is -9.82. The lowest BCUT2D eigenvalue weighted by molar-refractivity contribution is -0.318. The molecule has 2 saturated heterocycles. The van der Waals surface area contributed by atoms with Gasteiger partial charge < -0.3 is 49.9 Å². The fraction of sp³-hybridized carbons (Fsp3) is 0.875. The van der Waals surface area contributed by atoms with Crippen LogP contribution < -0.4 is 10.8 Å². The first-order valence-electron chi connectivity index (χ1n) is 9.23. The Morgan fingerprint density at radius 3 is 2.45 bits per heavy atom. The standard InChI is InChI=1S/C16H27N3O10/c1-5(22)17-10-12(24)11(23)7(3-20)27-16(10)28-14-8(4-21)26-15-9(13(14)25)18-6(2)29-19-15/h7-16,19-21,23-25H,3-4H2,1-2H3,(H,17,22)/t7-,8-,9-,10-,11-,12-,13-,14-,15-,16+/m1/s1. The number of nitrogens with zero attached hydrogens (tertiary/aromatic N) is 1. The van der Waals surface area contributed by atoms with E-state index in [2.05, 4.69) is 15.8 Å². The maximum absolute atomic E-state index is 11.5. The van der Waals surface area contributed by atoms with Gasteiger partial charge in [-0.25, -0.2) is 4.99 Å². The van der Waals surface area contributed by atoms with Crippen LogP contribution in [-0.4, -0.2) is 112 Å². The lowest BCUT2D eigenvalue weighted by Gasteiger charge is -2.48. The summed E-state index contributed by atoms with van der Waals surface area (Å²) in [5.41, 5.74) is 2.58. The van der Waals surface area contributed by atoms with E-state index in [1.54, 1.807) is 6.92 Å². The third-order valence-electron chi connectivity index (χ3n) is 5.06. The Morgan fingerprint density at radius 2 is 1.83 bits per heavy atom. The Hall–Kier alpha value is -1.42. The number of aliphatic hydroxyl groups excluding tert-OH is 5. The number of fused-ring (bicyclic) bond motifs is 1. The average Bonchev–Trinajstić information content (AvgIpc) is 2.69. The summed E-state index contributed by atoms with van der Waals surface area (Å²) >= 11 is 0. The van der Waals surface area contributed by atoms with Gasteiger partial charge in [-0.3, -0.25) is 4.79 Å². The van der Waals surface area contributed by atoms with E-state index in [0.29, 0.717) is 0 Å². The molecule has 0 radical (unpaired) electrons. The van der Waals surface area contributed by atoms with Crippen LogP contribution in [0, 0.1) is 0 Å². The van der Waals surface area contributed by atoms with Gasteiger partial charge in [0.25, 0.3) is 0 Å². The zero-order chi connectivity index (χ0) is 21.3. The minimum atomic E-state index is -1.51. The zero-order valence-corrected chi connectivity index (χ0v) is 15.9. The molecule has 0 aliphatic carbocycles. The van der Waals surface area contributed by atoms with Crippen molar-refractivity contribution in [1.82, 2.24) is 10.8 Å². The molecule has 0 aromatic rings. The van der Waals surface area contributed by atoms with Gasteiger partial charge in [-0.05, 0) is 0 Å². The molecule has 7 N–H and O–H groups in total. The van der Waals surface area contributed by atoms with E-state index in [-0.39, 0.29) is 5.90 Å². The molecule has 3 aliphatic rings. The maximum Gasteiger partial charge on any atom is 0.217 e. The summed E-state index contributed by atoms with van der Waals surface area (Å²) in [7, 11) is 0. The number of carbonyl (C=O) groups excluding carboxylic acids is 1. The van der Waals surface area contributed by atoms with E-state index >= 15 is 0 Å². The van der Waals surface area contributed by atoms with Crippen LogP contribution >= 0.6 is 0 Å². The van der Waals surface area contributed by atoms with Gasteiger partial charge in [0.05, 0.1) is 13.2 Å². The number of nitrogens with one attached hydrogen (secondary N) is 2. The number of hydroxylamine groups is 1. The number of ether oxygens (including phenoxy) is 3. The molecule has 3 rings (SSSR count). The van der Waals surface area contributed by atoms with Gasteiger partial charge in [-0.15, -0.1) is 5.48 Å². The molecule has 3 heterocycles. The Kier molecular flexibility index (Phi) is 7.03. The molecule has 166 valence electrons. The molecule has 1 amide bonds. The Labute approximate surface area is 166 Å². The summed E-state index contributed by atoms with van der Waals surface area (Å²) in [5.74, 6) is -0.256. The normalized spacial score (nSPS) is 45.0. The van der Waals surface area contributed by atoms with Crippen molar-refractivity contribution in [3.8, 4) is 0 Å². The number of aliphatic imine (C=N–C) groups is 1. The summed E-state index contributed by atoms with van der Waals surface area (Å²) in [5, 5.41) is 52.8. The highest BCUT2D eigenvalue weighted by Gasteiger charge is 2.52. The zero-order valence-electron chi connectivity index (χ0n) is 15.9. The van der Waals surface area contributed by atoms with Gasteiger partial charge in [0, 0.05) is 13.8 Å². The SMILES string of the molecule is CC(=O)N[C@H]1[C@H](O[C@H]2[C@H](O)[C@H]3N=C(C)ON[C@@H]3O[C@@H]2CO)O[C@H](CO)[C@@H](O)[C@@H]1O. The molecule has 0 aromatic heterocycles. The third-order valence-corrected chi connectivity index (χ3v) is 5.06. The van der Waals surface area contributed by atoms with E-state index in [1.165, 1.54) is 6.92 Å². The van der Waals surface area contributed by atoms with E-state index in [9.17, 15) is 30.3 Å². The van der Waals surface area contributed by atoms with Crippen LogP contribution in [0.25, 0.3) is 0 Å². The molecule has 0 saturated carbocycles. The van der Waals surface area contributed by atoms with Crippen LogP contribution in [0.1, 0.15) is 13.8 Å². The second-order valence-corrected chi connectivity index (χ2v) is 7.16. The van der Waals surface area contributed by atoms with Crippen molar-refractivity contribution in [1.29, 1.82) is 0 Å². The molecule has 0 unspecified atom stereocenters. The quantitative estimate of drug-likeness (QED) is 0.227. The highest BCUT2D eigenvalue weighted by molar-refractivity contribution is 5.74. The van der Waals surface area contributed by atoms with Gasteiger partial charge >= 0.3 is 0 Å². The Morgan fingerprint density at radius 1 is 1.14 bits per heavy atom. The molecule has 0 aromatic carbocycles. The molecule has 3 aliphatic heterocycles. The highest BCUT2D eigenvalue weighted by atomic mass is 16.7. The maximum atomic E-state index is 11.5. The third kappa shape index (κ3) is 4.52. The highest BCUT2D eigenvalue weighted by Crippen LogP contribution is 2.30. The summed E-state index contributed by atoms with van der Waals surface area (Å²) < 4.78 is 17.0. The van der Waals surface area contributed by atoms with Crippen LogP contribution in [0.15, 0.2) is 4.99 Å². The van der Waals surface area contributed by atoms with Crippen LogP contribution in [-0.2, 0) is 23.8 Å². The van der Waals surface area contributed by atoms with Crippen molar-refractivity contribution in [2.45, 2.75) is 75.1 Å². The van der Waals surface area contributed by atoms with Gasteiger partial charge in [0.2, 0.25) is 11.8 Å². The van der Waals surface area contributed by atoms with Crippen molar-refractivity contribution < 1.29 is 49.4 Å². The summed E-state index contributed by atoms with van der Waals surface area (Å²) in [6.45, 7) is 1.64.